The number of carbonyl (C=O) groups is 1. The number of hydrogen-bond donors (Lipinski definition) is 0. The van der Waals surface area contributed by atoms with E-state index in [1.807, 2.05) is 52.0 Å². The molecule has 2 aromatic carbocycles. The first-order chi connectivity index (χ1) is 13.0. The molecule has 7 heteroatoms. The quantitative estimate of drug-likeness (QED) is 0.454. The molecule has 0 spiro atoms. The van der Waals surface area contributed by atoms with Gasteiger partial charge in [-0.1, -0.05) is 29.5 Å². The number of aryl methyl sites for hydroxylation is 2. The van der Waals surface area contributed by atoms with E-state index in [4.69, 9.17) is 4.74 Å². The fourth-order valence-corrected chi connectivity index (χ4v) is 3.65. The number of aromatic nitrogens is 4. The number of benzene rings is 2. The van der Waals surface area contributed by atoms with Crippen molar-refractivity contribution in [1.29, 1.82) is 0 Å². The van der Waals surface area contributed by atoms with E-state index in [0.717, 1.165) is 17.0 Å². The molecule has 1 aromatic heterocycles. The number of thioether (sulfide) groups is 1. The summed E-state index contributed by atoms with van der Waals surface area (Å²) in [5.41, 5.74) is 3.81. The lowest BCUT2D eigenvalue weighted by atomic mass is 10.1. The van der Waals surface area contributed by atoms with Crippen LogP contribution >= 0.6 is 11.8 Å². The molecule has 1 atom stereocenters. The number of Topliss-reactive ketones (excluding diaryl/α,β-unsaturated/α-hetero) is 1. The maximum absolute atomic E-state index is 12.8. The molecule has 0 bridgehead atoms. The van der Waals surface area contributed by atoms with Gasteiger partial charge in [0.25, 0.3) is 0 Å². The van der Waals surface area contributed by atoms with Gasteiger partial charge in [0.2, 0.25) is 5.16 Å². The Hall–Kier alpha value is -2.67. The molecule has 0 N–H and O–H groups in total. The summed E-state index contributed by atoms with van der Waals surface area (Å²) in [5.74, 6) is 0.784. The van der Waals surface area contributed by atoms with Crippen molar-refractivity contribution >= 4 is 17.5 Å². The van der Waals surface area contributed by atoms with Crippen LogP contribution in [0.4, 0.5) is 0 Å². The van der Waals surface area contributed by atoms with Crippen LogP contribution in [0, 0.1) is 13.8 Å². The summed E-state index contributed by atoms with van der Waals surface area (Å²) in [6, 6.07) is 13.3. The van der Waals surface area contributed by atoms with Gasteiger partial charge in [-0.25, -0.2) is 0 Å². The summed E-state index contributed by atoms with van der Waals surface area (Å²) in [6.45, 7) is 8.46. The second kappa shape index (κ2) is 8.35. The van der Waals surface area contributed by atoms with Gasteiger partial charge in [-0.2, -0.15) is 4.68 Å². The van der Waals surface area contributed by atoms with Crippen molar-refractivity contribution in [1.82, 2.24) is 20.2 Å². The van der Waals surface area contributed by atoms with Crippen LogP contribution in [0.2, 0.25) is 0 Å². The lowest BCUT2D eigenvalue weighted by molar-refractivity contribution is 0.0994. The van der Waals surface area contributed by atoms with Crippen LogP contribution in [0.5, 0.6) is 5.75 Å². The molecule has 27 heavy (non-hydrogen) atoms. The maximum atomic E-state index is 12.8. The number of rotatable bonds is 7. The monoisotopic (exact) mass is 382 g/mol. The predicted octanol–water partition coefficient (Wildman–Crippen LogP) is 4.04. The van der Waals surface area contributed by atoms with Crippen LogP contribution in [0.3, 0.4) is 0 Å². The Morgan fingerprint density at radius 1 is 1.19 bits per heavy atom. The van der Waals surface area contributed by atoms with Gasteiger partial charge in [0.15, 0.2) is 5.78 Å². The lowest BCUT2D eigenvalue weighted by Crippen LogP contribution is -2.15. The summed E-state index contributed by atoms with van der Waals surface area (Å²) >= 11 is 1.35. The Balaban J connectivity index is 1.77. The first kappa shape index (κ1) is 19.1. The van der Waals surface area contributed by atoms with Crippen LogP contribution in [-0.2, 0) is 0 Å². The number of ketones is 1. The number of carbonyl (C=O) groups excluding carboxylic acids is 1. The Labute approximate surface area is 162 Å². The molecule has 0 unspecified atom stereocenters. The molecule has 0 saturated heterocycles. The van der Waals surface area contributed by atoms with E-state index >= 15 is 0 Å². The van der Waals surface area contributed by atoms with Gasteiger partial charge >= 0.3 is 0 Å². The minimum atomic E-state index is -0.321. The number of nitrogens with zero attached hydrogens (tertiary/aromatic N) is 4. The van der Waals surface area contributed by atoms with Gasteiger partial charge in [-0.3, -0.25) is 4.79 Å². The van der Waals surface area contributed by atoms with Crippen LogP contribution in [0.25, 0.3) is 5.69 Å². The average molecular weight is 382 g/mol. The highest BCUT2D eigenvalue weighted by molar-refractivity contribution is 8.00. The smallest absolute Gasteiger partial charge is 0.214 e. The first-order valence-electron chi connectivity index (χ1n) is 8.79. The second-order valence-electron chi connectivity index (χ2n) is 6.24. The third kappa shape index (κ3) is 4.36. The fraction of sp³-hybridized carbons (Fsp3) is 0.300. The van der Waals surface area contributed by atoms with Gasteiger partial charge in [-0.05, 0) is 74.0 Å². The molecule has 0 fully saturated rings. The van der Waals surface area contributed by atoms with Crippen LogP contribution in [-0.4, -0.2) is 37.8 Å². The van der Waals surface area contributed by atoms with Gasteiger partial charge in [0, 0.05) is 5.56 Å². The van der Waals surface area contributed by atoms with E-state index in [0.29, 0.717) is 17.3 Å². The molecule has 1 heterocycles. The summed E-state index contributed by atoms with van der Waals surface area (Å²) in [7, 11) is 0. The summed E-state index contributed by atoms with van der Waals surface area (Å²) < 4.78 is 7.11. The van der Waals surface area contributed by atoms with E-state index in [9.17, 15) is 4.79 Å². The van der Waals surface area contributed by atoms with Crippen molar-refractivity contribution in [3.05, 3.63) is 59.2 Å². The largest absolute Gasteiger partial charge is 0.494 e. The third-order valence-electron chi connectivity index (χ3n) is 4.12. The zero-order valence-corrected chi connectivity index (χ0v) is 16.7. The normalized spacial score (nSPS) is 12.0. The molecule has 0 aliphatic carbocycles. The van der Waals surface area contributed by atoms with E-state index in [-0.39, 0.29) is 11.0 Å². The fourth-order valence-electron chi connectivity index (χ4n) is 2.78. The van der Waals surface area contributed by atoms with Crippen molar-refractivity contribution in [3.8, 4) is 11.4 Å². The summed E-state index contributed by atoms with van der Waals surface area (Å²) in [4.78, 5) is 12.8. The highest BCUT2D eigenvalue weighted by Gasteiger charge is 2.21. The molecule has 0 aliphatic heterocycles. The molecule has 3 rings (SSSR count). The average Bonchev–Trinajstić information content (AvgIpc) is 3.10. The Bertz CT molecular complexity index is 937. The topological polar surface area (TPSA) is 69.9 Å². The van der Waals surface area contributed by atoms with Crippen molar-refractivity contribution in [2.24, 2.45) is 0 Å². The van der Waals surface area contributed by atoms with E-state index in [2.05, 4.69) is 21.6 Å². The molecule has 140 valence electrons. The minimum Gasteiger partial charge on any atom is -0.494 e. The predicted molar refractivity (Wildman–Crippen MR) is 106 cm³/mol. The maximum Gasteiger partial charge on any atom is 0.214 e. The van der Waals surface area contributed by atoms with Gasteiger partial charge < -0.3 is 4.74 Å². The highest BCUT2D eigenvalue weighted by Crippen LogP contribution is 2.27. The van der Waals surface area contributed by atoms with Gasteiger partial charge in [0.1, 0.15) is 5.75 Å². The SMILES string of the molecule is CCOc1ccc(C(=O)[C@@H](C)Sc2nnnn2-c2ccc(C)cc2C)cc1. The van der Waals surface area contributed by atoms with E-state index < -0.39 is 0 Å². The van der Waals surface area contributed by atoms with Crippen molar-refractivity contribution in [3.63, 3.8) is 0 Å². The third-order valence-corrected chi connectivity index (χ3v) is 5.16. The molecule has 0 saturated carbocycles. The first-order valence-corrected chi connectivity index (χ1v) is 9.67. The Morgan fingerprint density at radius 2 is 1.93 bits per heavy atom. The standard InChI is InChI=1S/C20H22N4O2S/c1-5-26-17-9-7-16(8-10-17)19(25)15(4)27-20-21-22-23-24(20)18-11-6-13(2)12-14(18)3/h6-12,15H,5H2,1-4H3/t15-/m1/s1. The van der Waals surface area contributed by atoms with Gasteiger partial charge in [0.05, 0.1) is 17.5 Å². The molecular formula is C20H22N4O2S. The zero-order chi connectivity index (χ0) is 19.4. The van der Waals surface area contributed by atoms with Crippen molar-refractivity contribution < 1.29 is 9.53 Å². The Kier molecular flexibility index (Phi) is 5.91. The highest BCUT2D eigenvalue weighted by atomic mass is 32.2. The summed E-state index contributed by atoms with van der Waals surface area (Å²) in [5, 5.41) is 12.3. The molecule has 0 amide bonds. The molecule has 0 radical (unpaired) electrons. The number of tetrazole rings is 1. The Morgan fingerprint density at radius 3 is 2.59 bits per heavy atom. The van der Waals surface area contributed by atoms with Crippen molar-refractivity contribution in [2.45, 2.75) is 38.1 Å². The molecule has 6 nitrogen and oxygen atoms in total. The van der Waals surface area contributed by atoms with Crippen LogP contribution < -0.4 is 4.74 Å². The lowest BCUT2D eigenvalue weighted by Gasteiger charge is -2.12. The van der Waals surface area contributed by atoms with Crippen LogP contribution in [0.1, 0.15) is 35.3 Å². The number of ether oxygens (including phenoxy) is 1. The molecular weight excluding hydrogens is 360 g/mol. The molecule has 0 aliphatic rings. The van der Waals surface area contributed by atoms with E-state index in [1.54, 1.807) is 16.8 Å². The van der Waals surface area contributed by atoms with Gasteiger partial charge in [-0.15, -0.1) is 5.10 Å². The van der Waals surface area contributed by atoms with Crippen LogP contribution in [0.15, 0.2) is 47.6 Å². The molecule has 3 aromatic rings. The minimum absolute atomic E-state index is 0.0261. The zero-order valence-electron chi connectivity index (χ0n) is 15.8. The number of hydrogen-bond acceptors (Lipinski definition) is 6. The van der Waals surface area contributed by atoms with Crippen molar-refractivity contribution in [2.75, 3.05) is 6.61 Å². The second-order valence-corrected chi connectivity index (χ2v) is 7.55. The summed E-state index contributed by atoms with van der Waals surface area (Å²) in [6.07, 6.45) is 0. The van der Waals surface area contributed by atoms with E-state index in [1.165, 1.54) is 17.3 Å².